The van der Waals surface area contributed by atoms with Gasteiger partial charge in [-0.05, 0) is 50.5 Å². The molecule has 0 atom stereocenters. The molecule has 8 heteroatoms. The molecule has 5 rings (SSSR count). The van der Waals surface area contributed by atoms with Crippen LogP contribution in [0.15, 0.2) is 24.3 Å². The summed E-state index contributed by atoms with van der Waals surface area (Å²) in [5.41, 5.74) is 2.49. The summed E-state index contributed by atoms with van der Waals surface area (Å²) >= 11 is 0. The number of carbonyl (C=O) groups is 3. The highest BCUT2D eigenvalue weighted by Gasteiger charge is 2.51. The van der Waals surface area contributed by atoms with Gasteiger partial charge in [0.05, 0.1) is 6.54 Å². The molecule has 0 radical (unpaired) electrons. The maximum Gasteiger partial charge on any atom is 0.325 e. The molecule has 1 N–H and O–H groups in total. The average molecular weight is 452 g/mol. The lowest BCUT2D eigenvalue weighted by molar-refractivity contribution is -0.131. The highest BCUT2D eigenvalue weighted by atomic mass is 16.7. The number of Topliss-reactive ketones (excluding diaryl/α,β-unsaturated/α-hetero) is 1. The predicted octanol–water partition coefficient (Wildman–Crippen LogP) is 3.71. The number of hydrogen-bond acceptors (Lipinski definition) is 5. The van der Waals surface area contributed by atoms with E-state index in [2.05, 4.69) is 9.88 Å². The largest absolute Gasteiger partial charge is 0.454 e. The Balaban J connectivity index is 1.33. The number of fused-ring (bicyclic) bond motifs is 1. The molecule has 1 saturated carbocycles. The van der Waals surface area contributed by atoms with Gasteiger partial charge < -0.3 is 19.4 Å². The highest BCUT2D eigenvalue weighted by molar-refractivity contribution is 6.11. The molecule has 3 amide bonds. The molecule has 3 aliphatic rings. The van der Waals surface area contributed by atoms with E-state index in [0.29, 0.717) is 24.9 Å². The second-order valence-corrected chi connectivity index (χ2v) is 9.30. The van der Waals surface area contributed by atoms with Crippen molar-refractivity contribution in [2.24, 2.45) is 0 Å². The van der Waals surface area contributed by atoms with Gasteiger partial charge in [-0.15, -0.1) is 0 Å². The number of rotatable bonds is 5. The molecular formula is C25H29N3O5. The molecule has 0 bridgehead atoms. The van der Waals surface area contributed by atoms with Crippen molar-refractivity contribution in [3.8, 4) is 11.5 Å². The van der Waals surface area contributed by atoms with E-state index in [0.717, 1.165) is 59.0 Å². The van der Waals surface area contributed by atoms with E-state index in [9.17, 15) is 14.4 Å². The van der Waals surface area contributed by atoms with Crippen LogP contribution < -0.4 is 14.8 Å². The second kappa shape index (κ2) is 8.24. The van der Waals surface area contributed by atoms with Crippen molar-refractivity contribution < 1.29 is 23.9 Å². The number of nitrogens with one attached hydrogen (secondary N) is 1. The molecule has 1 spiro atoms. The van der Waals surface area contributed by atoms with Crippen LogP contribution in [0.2, 0.25) is 0 Å². The summed E-state index contributed by atoms with van der Waals surface area (Å²) in [4.78, 5) is 40.1. The molecular weight excluding hydrogens is 422 g/mol. The monoisotopic (exact) mass is 451 g/mol. The van der Waals surface area contributed by atoms with Crippen LogP contribution in [0.1, 0.15) is 65.8 Å². The van der Waals surface area contributed by atoms with Crippen LogP contribution in [0.4, 0.5) is 4.79 Å². The van der Waals surface area contributed by atoms with Crippen molar-refractivity contribution in [2.45, 2.75) is 64.5 Å². The number of aromatic nitrogens is 1. The van der Waals surface area contributed by atoms with E-state index in [-0.39, 0.29) is 25.0 Å². The van der Waals surface area contributed by atoms with Crippen molar-refractivity contribution in [3.63, 3.8) is 0 Å². The van der Waals surface area contributed by atoms with Crippen LogP contribution >= 0.6 is 0 Å². The quantitative estimate of drug-likeness (QED) is 0.553. The van der Waals surface area contributed by atoms with Crippen molar-refractivity contribution in [1.29, 1.82) is 0 Å². The summed E-state index contributed by atoms with van der Waals surface area (Å²) in [7, 11) is 0. The molecule has 2 fully saturated rings. The number of imide groups is 1. The lowest BCUT2D eigenvalue weighted by Crippen LogP contribution is -2.46. The van der Waals surface area contributed by atoms with Gasteiger partial charge >= 0.3 is 6.03 Å². The molecule has 1 aromatic heterocycles. The van der Waals surface area contributed by atoms with Crippen LogP contribution in [0.5, 0.6) is 11.5 Å². The number of ketones is 1. The minimum Gasteiger partial charge on any atom is -0.454 e. The molecule has 1 aromatic carbocycles. The molecule has 1 saturated heterocycles. The van der Waals surface area contributed by atoms with Crippen LogP contribution in [0.25, 0.3) is 0 Å². The lowest BCUT2D eigenvalue weighted by atomic mass is 9.90. The molecule has 3 heterocycles. The minimum atomic E-state index is -0.829. The highest BCUT2D eigenvalue weighted by Crippen LogP contribution is 2.34. The molecule has 174 valence electrons. The van der Waals surface area contributed by atoms with Gasteiger partial charge in [-0.2, -0.15) is 0 Å². The first kappa shape index (κ1) is 21.6. The molecule has 1 aliphatic carbocycles. The van der Waals surface area contributed by atoms with E-state index in [4.69, 9.17) is 9.47 Å². The van der Waals surface area contributed by atoms with E-state index in [1.54, 1.807) is 0 Å². The smallest absolute Gasteiger partial charge is 0.325 e. The third-order valence-corrected chi connectivity index (χ3v) is 7.16. The number of benzene rings is 1. The van der Waals surface area contributed by atoms with Crippen molar-refractivity contribution >= 4 is 17.7 Å². The Labute approximate surface area is 192 Å². The first-order valence-corrected chi connectivity index (χ1v) is 11.6. The van der Waals surface area contributed by atoms with Gasteiger partial charge in [0, 0.05) is 23.5 Å². The maximum atomic E-state index is 13.2. The summed E-state index contributed by atoms with van der Waals surface area (Å²) in [6.07, 6.45) is 5.25. The van der Waals surface area contributed by atoms with Crippen molar-refractivity contribution in [3.05, 3.63) is 46.8 Å². The van der Waals surface area contributed by atoms with E-state index >= 15 is 0 Å². The number of nitrogens with zero attached hydrogens (tertiary/aromatic N) is 2. The fourth-order valence-corrected chi connectivity index (χ4v) is 5.27. The van der Waals surface area contributed by atoms with Crippen molar-refractivity contribution in [1.82, 2.24) is 14.8 Å². The molecule has 2 aromatic rings. The molecule has 0 unspecified atom stereocenters. The SMILES string of the molecule is Cc1cc(C(=O)CN2C(=O)NC3(CCCCCC3)C2=O)c(C)n1Cc1ccc2c(c1)OCO2. The van der Waals surface area contributed by atoms with Crippen LogP contribution in [-0.2, 0) is 11.3 Å². The standard InChI is InChI=1S/C25H29N3O5/c1-16-11-19(17(2)27(16)13-18-7-8-21-22(12-18)33-15-32-21)20(29)14-28-23(30)25(26-24(28)31)9-5-3-4-6-10-25/h7-8,11-12H,3-6,9-10,13-15H2,1-2H3,(H,26,31). The van der Waals surface area contributed by atoms with Gasteiger partial charge in [-0.3, -0.25) is 14.5 Å². The summed E-state index contributed by atoms with van der Waals surface area (Å²) < 4.78 is 12.9. The number of ether oxygens (including phenoxy) is 2. The topological polar surface area (TPSA) is 89.9 Å². The molecule has 8 nitrogen and oxygen atoms in total. The Bertz CT molecular complexity index is 1130. The predicted molar refractivity (Wildman–Crippen MR) is 121 cm³/mol. The number of aryl methyl sites for hydroxylation is 1. The summed E-state index contributed by atoms with van der Waals surface area (Å²) in [5.74, 6) is 0.971. The zero-order valence-electron chi connectivity index (χ0n) is 19.1. The van der Waals surface area contributed by atoms with E-state index < -0.39 is 11.6 Å². The van der Waals surface area contributed by atoms with Gasteiger partial charge in [0.2, 0.25) is 6.79 Å². The Morgan fingerprint density at radius 2 is 1.76 bits per heavy atom. The Hall–Kier alpha value is -3.29. The maximum absolute atomic E-state index is 13.2. The van der Waals surface area contributed by atoms with Crippen LogP contribution in [-0.4, -0.2) is 46.1 Å². The summed E-state index contributed by atoms with van der Waals surface area (Å²) in [5, 5.41) is 2.91. The van der Waals surface area contributed by atoms with Crippen molar-refractivity contribution in [2.75, 3.05) is 13.3 Å². The molecule has 2 aliphatic heterocycles. The Morgan fingerprint density at radius 3 is 2.52 bits per heavy atom. The number of amides is 3. The van der Waals surface area contributed by atoms with Gasteiger partial charge in [0.25, 0.3) is 5.91 Å². The fraction of sp³-hybridized carbons (Fsp3) is 0.480. The zero-order chi connectivity index (χ0) is 23.2. The first-order chi connectivity index (χ1) is 15.9. The van der Waals surface area contributed by atoms with E-state index in [1.165, 1.54) is 0 Å². The van der Waals surface area contributed by atoms with Crippen LogP contribution in [0, 0.1) is 13.8 Å². The fourth-order valence-electron chi connectivity index (χ4n) is 5.27. The lowest BCUT2D eigenvalue weighted by Gasteiger charge is -2.24. The third-order valence-electron chi connectivity index (χ3n) is 7.16. The molecule has 33 heavy (non-hydrogen) atoms. The minimum absolute atomic E-state index is 0.225. The Morgan fingerprint density at radius 1 is 1.03 bits per heavy atom. The number of carbonyl (C=O) groups excluding carboxylic acids is 3. The van der Waals surface area contributed by atoms with Gasteiger partial charge in [0.15, 0.2) is 17.3 Å². The van der Waals surface area contributed by atoms with E-state index in [1.807, 2.05) is 38.1 Å². The number of urea groups is 1. The average Bonchev–Trinajstić information content (AvgIpc) is 3.36. The zero-order valence-corrected chi connectivity index (χ0v) is 19.1. The summed E-state index contributed by atoms with van der Waals surface area (Å²) in [6.45, 7) is 4.41. The van der Waals surface area contributed by atoms with Gasteiger partial charge in [0.1, 0.15) is 5.54 Å². The third kappa shape index (κ3) is 3.77. The van der Waals surface area contributed by atoms with Crippen LogP contribution in [0.3, 0.4) is 0 Å². The normalized spacial score (nSPS) is 19.2. The first-order valence-electron chi connectivity index (χ1n) is 11.6. The summed E-state index contributed by atoms with van der Waals surface area (Å²) in [6, 6.07) is 7.20. The number of hydrogen-bond donors (Lipinski definition) is 1. The van der Waals surface area contributed by atoms with Gasteiger partial charge in [-0.25, -0.2) is 4.79 Å². The van der Waals surface area contributed by atoms with Gasteiger partial charge in [-0.1, -0.05) is 31.7 Å². The second-order valence-electron chi connectivity index (χ2n) is 9.30. The Kier molecular flexibility index (Phi) is 5.38.